The number of piperazine rings is 1. The number of fused-ring (bicyclic) bond motifs is 1. The maximum absolute atomic E-state index is 12.9. The van der Waals surface area contributed by atoms with Crippen molar-refractivity contribution in [3.05, 3.63) is 65.5 Å². The normalized spacial score (nSPS) is 14.0. The number of aromatic nitrogens is 3. The molecule has 10 nitrogen and oxygen atoms in total. The fourth-order valence-electron chi connectivity index (χ4n) is 5.45. The van der Waals surface area contributed by atoms with E-state index in [1.807, 2.05) is 34.9 Å². The lowest BCUT2D eigenvalue weighted by atomic mass is 10.1. The first-order chi connectivity index (χ1) is 21.3. The van der Waals surface area contributed by atoms with Crippen LogP contribution in [0.1, 0.15) is 21.6 Å². The van der Waals surface area contributed by atoms with Crippen molar-refractivity contribution >= 4 is 33.7 Å². The van der Waals surface area contributed by atoms with Crippen LogP contribution in [-0.4, -0.2) is 103 Å². The molecule has 0 unspecified atom stereocenters. The van der Waals surface area contributed by atoms with E-state index in [4.69, 9.17) is 24.2 Å². The SMILES string of the molecule is COc1cc(CCc2cnc3c(n2)c(C(=O)O)c(-c2ccc(N4CCN(C)CC4)cc2)n3COCC[S+](C)C)cc(OC)c1. The van der Waals surface area contributed by atoms with Crippen molar-refractivity contribution < 1.29 is 24.1 Å². The molecule has 1 aliphatic rings. The standard InChI is InChI=1S/C33H41N5O5S/c1-36-12-14-37(15-13-36)26-10-7-24(8-11-26)31-29(33(39)40)30-32(38(31)22-43-16-17-44(4)5)34-21-25(35-30)9-6-23-18-27(41-2)20-28(19-23)42-3/h7-8,10-11,18-21H,6,9,12-17,22H2,1-5H3/p+1. The zero-order valence-corrected chi connectivity index (χ0v) is 27.0. The van der Waals surface area contributed by atoms with Crippen LogP contribution in [0, 0.1) is 0 Å². The topological polar surface area (TPSA) is 102 Å². The molecule has 0 atom stereocenters. The van der Waals surface area contributed by atoms with E-state index < -0.39 is 5.97 Å². The lowest BCUT2D eigenvalue weighted by Crippen LogP contribution is -2.44. The van der Waals surface area contributed by atoms with Gasteiger partial charge in [0.15, 0.2) is 5.65 Å². The Morgan fingerprint density at radius 2 is 1.66 bits per heavy atom. The molecule has 4 aromatic rings. The van der Waals surface area contributed by atoms with Crippen molar-refractivity contribution in [3.63, 3.8) is 0 Å². The van der Waals surface area contributed by atoms with Gasteiger partial charge < -0.3 is 29.1 Å². The number of nitrogens with zero attached hydrogens (tertiary/aromatic N) is 5. The third-order valence-electron chi connectivity index (χ3n) is 7.96. The quantitative estimate of drug-likeness (QED) is 0.174. The van der Waals surface area contributed by atoms with Crippen LogP contribution in [0.15, 0.2) is 48.7 Å². The molecule has 44 heavy (non-hydrogen) atoms. The van der Waals surface area contributed by atoms with Gasteiger partial charge in [-0.1, -0.05) is 12.1 Å². The summed E-state index contributed by atoms with van der Waals surface area (Å²) in [4.78, 5) is 27.2. The van der Waals surface area contributed by atoms with Gasteiger partial charge in [0, 0.05) is 37.9 Å². The van der Waals surface area contributed by atoms with Crippen molar-refractivity contribution in [2.75, 3.05) is 77.2 Å². The van der Waals surface area contributed by atoms with Gasteiger partial charge in [0.05, 0.1) is 50.9 Å². The molecular formula is C33H42N5O5S+. The molecule has 1 fully saturated rings. The predicted octanol–water partition coefficient (Wildman–Crippen LogP) is 4.20. The highest BCUT2D eigenvalue weighted by Crippen LogP contribution is 2.34. The monoisotopic (exact) mass is 620 g/mol. The molecule has 3 heterocycles. The molecule has 0 bridgehead atoms. The minimum atomic E-state index is -1.04. The van der Waals surface area contributed by atoms with Crippen LogP contribution < -0.4 is 14.4 Å². The molecule has 1 aliphatic heterocycles. The number of hydrogen-bond donors (Lipinski definition) is 1. The fraction of sp³-hybridized carbons (Fsp3) is 0.424. The second-order valence-electron chi connectivity index (χ2n) is 11.3. The van der Waals surface area contributed by atoms with E-state index in [1.165, 1.54) is 0 Å². The average molecular weight is 621 g/mol. The van der Waals surface area contributed by atoms with Crippen molar-refractivity contribution in [1.82, 2.24) is 19.4 Å². The third kappa shape index (κ3) is 7.28. The second-order valence-corrected chi connectivity index (χ2v) is 13.7. The van der Waals surface area contributed by atoms with Crippen LogP contribution in [0.2, 0.25) is 0 Å². The van der Waals surface area contributed by atoms with Gasteiger partial charge in [-0.3, -0.25) is 4.57 Å². The first-order valence-electron chi connectivity index (χ1n) is 14.8. The number of benzene rings is 2. The largest absolute Gasteiger partial charge is 0.497 e. The van der Waals surface area contributed by atoms with Gasteiger partial charge in [-0.05, 0) is 66.2 Å². The summed E-state index contributed by atoms with van der Waals surface area (Å²) >= 11 is 0. The number of methoxy groups -OCH3 is 2. The Kier molecular flexibility index (Phi) is 10.3. The van der Waals surface area contributed by atoms with Gasteiger partial charge in [0.1, 0.15) is 35.1 Å². The summed E-state index contributed by atoms with van der Waals surface area (Å²) in [6.45, 7) is 4.71. The summed E-state index contributed by atoms with van der Waals surface area (Å²) < 4.78 is 18.8. The minimum Gasteiger partial charge on any atom is -0.497 e. The lowest BCUT2D eigenvalue weighted by molar-refractivity contribution is 0.0697. The first kappa shape index (κ1) is 31.6. The molecule has 2 aromatic carbocycles. The van der Waals surface area contributed by atoms with Crippen molar-refractivity contribution in [3.8, 4) is 22.8 Å². The van der Waals surface area contributed by atoms with Crippen molar-refractivity contribution in [1.29, 1.82) is 0 Å². The van der Waals surface area contributed by atoms with E-state index in [0.717, 1.165) is 48.7 Å². The summed E-state index contributed by atoms with van der Waals surface area (Å²) in [5.74, 6) is 1.32. The molecule has 0 radical (unpaired) electrons. The number of carboxylic acids is 1. The number of anilines is 1. The maximum Gasteiger partial charge on any atom is 0.340 e. The van der Waals surface area contributed by atoms with Crippen LogP contribution in [0.4, 0.5) is 5.69 Å². The van der Waals surface area contributed by atoms with Gasteiger partial charge in [-0.25, -0.2) is 14.8 Å². The van der Waals surface area contributed by atoms with E-state index in [2.05, 4.69) is 41.5 Å². The zero-order chi connectivity index (χ0) is 31.2. The fourth-order valence-corrected chi connectivity index (χ4v) is 5.90. The molecule has 5 rings (SSSR count). The number of aryl methyl sites for hydroxylation is 2. The Labute approximate surface area is 261 Å². The van der Waals surface area contributed by atoms with Crippen LogP contribution in [0.5, 0.6) is 11.5 Å². The van der Waals surface area contributed by atoms with E-state index in [9.17, 15) is 9.90 Å². The summed E-state index contributed by atoms with van der Waals surface area (Å²) in [5.41, 5.74) is 5.21. The van der Waals surface area contributed by atoms with Crippen LogP contribution in [0.3, 0.4) is 0 Å². The molecule has 0 saturated carbocycles. The van der Waals surface area contributed by atoms with Gasteiger partial charge in [-0.2, -0.15) is 0 Å². The molecule has 1 saturated heterocycles. The van der Waals surface area contributed by atoms with E-state index in [-0.39, 0.29) is 23.2 Å². The average Bonchev–Trinajstić information content (AvgIpc) is 3.36. The van der Waals surface area contributed by atoms with E-state index in [1.54, 1.807) is 20.4 Å². The number of carboxylic acid groups (broad SMARTS) is 1. The number of ether oxygens (including phenoxy) is 3. The zero-order valence-electron chi connectivity index (χ0n) is 26.2. The Morgan fingerprint density at radius 1 is 0.977 bits per heavy atom. The highest BCUT2D eigenvalue weighted by atomic mass is 32.2. The molecule has 2 aromatic heterocycles. The van der Waals surface area contributed by atoms with Crippen LogP contribution in [-0.2, 0) is 35.2 Å². The summed E-state index contributed by atoms with van der Waals surface area (Å²) in [6, 6.07) is 13.9. The number of hydrogen-bond acceptors (Lipinski definition) is 8. The molecule has 0 spiro atoms. The molecular weight excluding hydrogens is 578 g/mol. The maximum atomic E-state index is 12.9. The van der Waals surface area contributed by atoms with Gasteiger partial charge >= 0.3 is 5.97 Å². The van der Waals surface area contributed by atoms with Crippen LogP contribution in [0.25, 0.3) is 22.4 Å². The number of likely N-dealkylation sites (N-methyl/N-ethyl adjacent to an activating group) is 1. The van der Waals surface area contributed by atoms with Crippen molar-refractivity contribution in [2.45, 2.75) is 19.6 Å². The number of aromatic carboxylic acids is 1. The molecule has 0 amide bonds. The Morgan fingerprint density at radius 3 is 2.27 bits per heavy atom. The summed E-state index contributed by atoms with van der Waals surface area (Å²) in [7, 11) is 5.63. The highest BCUT2D eigenvalue weighted by Gasteiger charge is 2.27. The van der Waals surface area contributed by atoms with Gasteiger partial charge in [-0.15, -0.1) is 0 Å². The van der Waals surface area contributed by atoms with E-state index >= 15 is 0 Å². The number of rotatable bonds is 13. The Hall–Kier alpha value is -3.80. The smallest absolute Gasteiger partial charge is 0.340 e. The molecule has 11 heteroatoms. The predicted molar refractivity (Wildman–Crippen MR) is 177 cm³/mol. The lowest BCUT2D eigenvalue weighted by Gasteiger charge is -2.34. The van der Waals surface area contributed by atoms with E-state index in [0.29, 0.717) is 53.5 Å². The van der Waals surface area contributed by atoms with Crippen LogP contribution >= 0.6 is 0 Å². The Bertz CT molecular complexity index is 1560. The highest BCUT2D eigenvalue weighted by molar-refractivity contribution is 7.95. The third-order valence-corrected chi connectivity index (χ3v) is 8.95. The van der Waals surface area contributed by atoms with Crippen molar-refractivity contribution in [2.24, 2.45) is 0 Å². The molecule has 234 valence electrons. The molecule has 1 N–H and O–H groups in total. The second kappa shape index (κ2) is 14.3. The molecule has 0 aliphatic carbocycles. The minimum absolute atomic E-state index is 0.138. The first-order valence-corrected chi connectivity index (χ1v) is 17.0. The van der Waals surface area contributed by atoms with Gasteiger partial charge in [0.25, 0.3) is 0 Å². The summed E-state index contributed by atoms with van der Waals surface area (Å²) in [5, 5.41) is 10.5. The number of carbonyl (C=O) groups is 1. The van der Waals surface area contributed by atoms with Gasteiger partial charge in [0.2, 0.25) is 0 Å². The Balaban J connectivity index is 1.50. The summed E-state index contributed by atoms with van der Waals surface area (Å²) in [6.07, 6.45) is 7.33.